The Morgan fingerprint density at radius 3 is 2.75 bits per heavy atom. The van der Waals surface area contributed by atoms with Crippen molar-refractivity contribution in [3.8, 4) is 11.6 Å². The number of aryl methyl sites for hydroxylation is 1. The lowest BCUT2D eigenvalue weighted by atomic mass is 10.2. The summed E-state index contributed by atoms with van der Waals surface area (Å²) in [6.07, 6.45) is 1.54. The number of aromatic nitrogens is 1. The molecule has 4 heteroatoms. The molecule has 16 heavy (non-hydrogen) atoms. The fourth-order valence-electron chi connectivity index (χ4n) is 1.24. The summed E-state index contributed by atoms with van der Waals surface area (Å²) in [5.74, 6) is 0.450. The Hall–Kier alpha value is -2.10. The van der Waals surface area contributed by atoms with Gasteiger partial charge < -0.3 is 10.5 Å². The molecule has 0 bridgehead atoms. The molecule has 2 rings (SSSR count). The van der Waals surface area contributed by atoms with Crippen molar-refractivity contribution >= 4 is 5.69 Å². The molecule has 0 aliphatic carbocycles. The van der Waals surface area contributed by atoms with Gasteiger partial charge in [-0.3, -0.25) is 0 Å². The molecule has 0 radical (unpaired) electrons. The zero-order valence-electron chi connectivity index (χ0n) is 8.77. The molecular weight excluding hydrogens is 207 g/mol. The van der Waals surface area contributed by atoms with Crippen LogP contribution in [0.4, 0.5) is 10.1 Å². The smallest absolute Gasteiger partial charge is 0.221 e. The van der Waals surface area contributed by atoms with Crippen LogP contribution in [0, 0.1) is 12.7 Å². The number of rotatable bonds is 2. The van der Waals surface area contributed by atoms with Crippen molar-refractivity contribution in [1.29, 1.82) is 0 Å². The lowest BCUT2D eigenvalue weighted by Crippen LogP contribution is -1.91. The van der Waals surface area contributed by atoms with Crippen LogP contribution in [0.1, 0.15) is 5.56 Å². The van der Waals surface area contributed by atoms with Crippen molar-refractivity contribution in [3.63, 3.8) is 0 Å². The largest absolute Gasteiger partial charge is 0.439 e. The average Bonchev–Trinajstić information content (AvgIpc) is 2.24. The number of ether oxygens (including phenoxy) is 1. The molecule has 0 aliphatic heterocycles. The molecule has 1 heterocycles. The molecule has 2 aromatic rings. The van der Waals surface area contributed by atoms with Crippen molar-refractivity contribution in [2.45, 2.75) is 6.92 Å². The summed E-state index contributed by atoms with van der Waals surface area (Å²) in [7, 11) is 0. The van der Waals surface area contributed by atoms with Crippen LogP contribution >= 0.6 is 0 Å². The minimum atomic E-state index is -0.304. The monoisotopic (exact) mass is 218 g/mol. The Kier molecular flexibility index (Phi) is 2.72. The van der Waals surface area contributed by atoms with E-state index < -0.39 is 0 Å². The predicted molar refractivity (Wildman–Crippen MR) is 59.9 cm³/mol. The van der Waals surface area contributed by atoms with E-state index in [0.717, 1.165) is 0 Å². The second kappa shape index (κ2) is 4.18. The van der Waals surface area contributed by atoms with Crippen LogP contribution in [0.25, 0.3) is 0 Å². The van der Waals surface area contributed by atoms with Gasteiger partial charge in [0.1, 0.15) is 11.6 Å². The van der Waals surface area contributed by atoms with Gasteiger partial charge in [-0.05, 0) is 24.6 Å². The highest BCUT2D eigenvalue weighted by molar-refractivity contribution is 5.41. The maximum Gasteiger partial charge on any atom is 0.221 e. The quantitative estimate of drug-likeness (QED) is 0.843. The zero-order valence-corrected chi connectivity index (χ0v) is 8.77. The molecule has 0 saturated carbocycles. The Morgan fingerprint density at radius 1 is 1.25 bits per heavy atom. The lowest BCUT2D eigenvalue weighted by molar-refractivity contribution is 0.458. The average molecular weight is 218 g/mol. The summed E-state index contributed by atoms with van der Waals surface area (Å²) in [5.41, 5.74) is 6.70. The van der Waals surface area contributed by atoms with E-state index in [-0.39, 0.29) is 5.82 Å². The molecule has 3 nitrogen and oxygen atoms in total. The molecule has 0 fully saturated rings. The van der Waals surface area contributed by atoms with Gasteiger partial charge in [0.05, 0.1) is 0 Å². The van der Waals surface area contributed by atoms with E-state index in [2.05, 4.69) is 4.98 Å². The van der Waals surface area contributed by atoms with Crippen LogP contribution in [0.2, 0.25) is 0 Å². The molecule has 0 spiro atoms. The highest BCUT2D eigenvalue weighted by Gasteiger charge is 2.02. The predicted octanol–water partition coefficient (Wildman–Crippen LogP) is 2.90. The van der Waals surface area contributed by atoms with Gasteiger partial charge in [0.25, 0.3) is 0 Å². The zero-order chi connectivity index (χ0) is 11.5. The van der Waals surface area contributed by atoms with Crippen molar-refractivity contribution in [2.75, 3.05) is 5.73 Å². The van der Waals surface area contributed by atoms with Gasteiger partial charge >= 0.3 is 0 Å². The van der Waals surface area contributed by atoms with E-state index in [1.54, 1.807) is 31.2 Å². The molecule has 2 N–H and O–H groups in total. The minimum Gasteiger partial charge on any atom is -0.439 e. The Balaban J connectivity index is 2.24. The molecule has 0 unspecified atom stereocenters. The Morgan fingerprint density at radius 2 is 2.06 bits per heavy atom. The van der Waals surface area contributed by atoms with Crippen LogP contribution in [0.5, 0.6) is 11.6 Å². The molecule has 0 saturated heterocycles. The molecule has 1 aromatic carbocycles. The second-order valence-electron chi connectivity index (χ2n) is 3.44. The first kappa shape index (κ1) is 10.4. The van der Waals surface area contributed by atoms with E-state index >= 15 is 0 Å². The van der Waals surface area contributed by atoms with Gasteiger partial charge in [-0.2, -0.15) is 0 Å². The van der Waals surface area contributed by atoms with E-state index in [4.69, 9.17) is 10.5 Å². The van der Waals surface area contributed by atoms with E-state index in [1.807, 2.05) is 0 Å². The maximum atomic E-state index is 13.2. The third kappa shape index (κ3) is 2.28. The summed E-state index contributed by atoms with van der Waals surface area (Å²) in [6.45, 7) is 1.69. The fourth-order valence-corrected chi connectivity index (χ4v) is 1.24. The van der Waals surface area contributed by atoms with Crippen molar-refractivity contribution in [3.05, 3.63) is 47.9 Å². The maximum absolute atomic E-state index is 13.2. The second-order valence-corrected chi connectivity index (χ2v) is 3.44. The van der Waals surface area contributed by atoms with Crippen LogP contribution in [-0.2, 0) is 0 Å². The van der Waals surface area contributed by atoms with Gasteiger partial charge in [0, 0.05) is 24.0 Å². The number of anilines is 1. The first-order chi connectivity index (χ1) is 7.65. The molecule has 0 atom stereocenters. The van der Waals surface area contributed by atoms with Gasteiger partial charge in [-0.15, -0.1) is 0 Å². The van der Waals surface area contributed by atoms with Gasteiger partial charge in [-0.1, -0.05) is 6.07 Å². The summed E-state index contributed by atoms with van der Waals surface area (Å²) >= 11 is 0. The van der Waals surface area contributed by atoms with E-state index in [1.165, 1.54) is 12.3 Å². The third-order valence-electron chi connectivity index (χ3n) is 2.12. The van der Waals surface area contributed by atoms with Crippen molar-refractivity contribution in [2.24, 2.45) is 0 Å². The Labute approximate surface area is 92.7 Å². The first-order valence-corrected chi connectivity index (χ1v) is 4.81. The number of benzene rings is 1. The topological polar surface area (TPSA) is 48.1 Å². The number of halogens is 1. The number of hydrogen-bond donors (Lipinski definition) is 1. The third-order valence-corrected chi connectivity index (χ3v) is 2.12. The van der Waals surface area contributed by atoms with Gasteiger partial charge in [-0.25, -0.2) is 9.37 Å². The molecule has 82 valence electrons. The number of nitrogens with two attached hydrogens (primary N) is 1. The van der Waals surface area contributed by atoms with Crippen LogP contribution in [0.3, 0.4) is 0 Å². The number of pyridine rings is 1. The first-order valence-electron chi connectivity index (χ1n) is 4.81. The number of hydrogen-bond acceptors (Lipinski definition) is 3. The van der Waals surface area contributed by atoms with E-state index in [9.17, 15) is 4.39 Å². The van der Waals surface area contributed by atoms with Crippen LogP contribution in [-0.4, -0.2) is 4.98 Å². The molecule has 0 amide bonds. The highest BCUT2D eigenvalue weighted by Crippen LogP contribution is 2.22. The van der Waals surface area contributed by atoms with Gasteiger partial charge in [0.15, 0.2) is 0 Å². The standard InChI is InChI=1S/C12H11FN2O/c1-8-2-3-10(7-11(8)13)16-12-6-9(14)4-5-15-12/h2-7H,1H3,(H2,14,15). The van der Waals surface area contributed by atoms with Crippen molar-refractivity contribution < 1.29 is 9.13 Å². The Bertz CT molecular complexity index is 514. The van der Waals surface area contributed by atoms with Crippen molar-refractivity contribution in [1.82, 2.24) is 4.98 Å². The summed E-state index contributed by atoms with van der Waals surface area (Å²) in [6, 6.07) is 7.89. The van der Waals surface area contributed by atoms with Gasteiger partial charge in [0.2, 0.25) is 5.88 Å². The number of nitrogen functional groups attached to an aromatic ring is 1. The molecule has 0 aliphatic rings. The molecular formula is C12H11FN2O. The summed E-state index contributed by atoms with van der Waals surface area (Å²) in [5, 5.41) is 0. The minimum absolute atomic E-state index is 0.304. The van der Waals surface area contributed by atoms with Crippen LogP contribution < -0.4 is 10.5 Å². The normalized spacial score (nSPS) is 10.1. The SMILES string of the molecule is Cc1ccc(Oc2cc(N)ccn2)cc1F. The van der Waals surface area contributed by atoms with Crippen LogP contribution in [0.15, 0.2) is 36.5 Å². The summed E-state index contributed by atoms with van der Waals surface area (Å²) in [4.78, 5) is 3.96. The molecule has 1 aromatic heterocycles. The summed E-state index contributed by atoms with van der Waals surface area (Å²) < 4.78 is 18.6. The highest BCUT2D eigenvalue weighted by atomic mass is 19.1. The lowest BCUT2D eigenvalue weighted by Gasteiger charge is -2.05. The number of nitrogens with zero attached hydrogens (tertiary/aromatic N) is 1. The van der Waals surface area contributed by atoms with E-state index in [0.29, 0.717) is 22.9 Å². The fraction of sp³-hybridized carbons (Fsp3) is 0.0833.